The highest BCUT2D eigenvalue weighted by Crippen LogP contribution is 2.33. The molecule has 2 aromatic carbocycles. The standard InChI is InChI=1S/C32H48N4O7S/c1-7-24(4)17-32(39)36(33-31(38)22-34(5)6)27(18-25-11-9-8-10-12-25)28(37)21-35(20-23(2)3)44(40,41)26-13-14-29-30(19-26)43-16-15-42-29/h8-14,19,23-24,27-28,37H,7,15-18,20-22H2,1-6H3,(H,33,38)/t24-,27?,28+/m0/s1. The van der Waals surface area contributed by atoms with E-state index in [1.165, 1.54) is 21.4 Å². The first-order valence-corrected chi connectivity index (χ1v) is 16.6. The summed E-state index contributed by atoms with van der Waals surface area (Å²) in [7, 11) is -0.611. The van der Waals surface area contributed by atoms with Crippen molar-refractivity contribution < 1.29 is 32.6 Å². The van der Waals surface area contributed by atoms with Gasteiger partial charge in [0.2, 0.25) is 15.9 Å². The number of sulfonamides is 1. The Morgan fingerprint density at radius 3 is 2.25 bits per heavy atom. The van der Waals surface area contributed by atoms with E-state index in [9.17, 15) is 23.1 Å². The van der Waals surface area contributed by atoms with Crippen molar-refractivity contribution in [3.63, 3.8) is 0 Å². The van der Waals surface area contributed by atoms with Crippen LogP contribution in [0.4, 0.5) is 0 Å². The maximum atomic E-state index is 14.0. The highest BCUT2D eigenvalue weighted by Gasteiger charge is 2.36. The minimum absolute atomic E-state index is 0.0122. The molecule has 0 spiro atoms. The first-order chi connectivity index (χ1) is 20.8. The summed E-state index contributed by atoms with van der Waals surface area (Å²) < 4.78 is 40.5. The number of rotatable bonds is 15. The van der Waals surface area contributed by atoms with Crippen LogP contribution < -0.4 is 14.9 Å². The Labute approximate surface area is 262 Å². The van der Waals surface area contributed by atoms with Gasteiger partial charge in [-0.3, -0.25) is 15.0 Å². The first-order valence-electron chi connectivity index (χ1n) is 15.2. The third-order valence-corrected chi connectivity index (χ3v) is 9.20. The highest BCUT2D eigenvalue weighted by atomic mass is 32.2. The molecule has 44 heavy (non-hydrogen) atoms. The Morgan fingerprint density at radius 2 is 1.64 bits per heavy atom. The normalized spacial score (nSPS) is 15.2. The third-order valence-electron chi connectivity index (χ3n) is 7.37. The topological polar surface area (TPSA) is 129 Å². The molecule has 0 saturated heterocycles. The second-order valence-corrected chi connectivity index (χ2v) is 14.0. The minimum atomic E-state index is -4.10. The molecule has 11 nitrogen and oxygen atoms in total. The molecule has 0 saturated carbocycles. The van der Waals surface area contributed by atoms with E-state index in [2.05, 4.69) is 5.43 Å². The fourth-order valence-electron chi connectivity index (χ4n) is 4.92. The number of carbonyl (C=O) groups excluding carboxylic acids is 2. The second kappa shape index (κ2) is 16.2. The Balaban J connectivity index is 2.01. The van der Waals surface area contributed by atoms with Crippen LogP contribution in [0.1, 0.15) is 46.1 Å². The summed E-state index contributed by atoms with van der Waals surface area (Å²) in [5, 5.41) is 13.1. The molecule has 0 fully saturated rings. The molecule has 0 bridgehead atoms. The average Bonchev–Trinajstić information content (AvgIpc) is 2.98. The van der Waals surface area contributed by atoms with Crippen molar-refractivity contribution in [2.75, 3.05) is 46.9 Å². The van der Waals surface area contributed by atoms with Gasteiger partial charge >= 0.3 is 0 Å². The molecule has 244 valence electrons. The Kier molecular flexibility index (Phi) is 13.0. The van der Waals surface area contributed by atoms with Crippen molar-refractivity contribution in [3.05, 3.63) is 54.1 Å². The van der Waals surface area contributed by atoms with E-state index in [4.69, 9.17) is 9.47 Å². The smallest absolute Gasteiger partial charge is 0.252 e. The van der Waals surface area contributed by atoms with Crippen LogP contribution in [0.3, 0.4) is 0 Å². The summed E-state index contributed by atoms with van der Waals surface area (Å²) in [6.07, 6.45) is -0.244. The maximum absolute atomic E-state index is 14.0. The molecular formula is C32H48N4O7S. The van der Waals surface area contributed by atoms with Gasteiger partial charge < -0.3 is 19.5 Å². The number of fused-ring (bicyclic) bond motifs is 1. The van der Waals surface area contributed by atoms with E-state index in [0.29, 0.717) is 24.7 Å². The lowest BCUT2D eigenvalue weighted by molar-refractivity contribution is -0.148. The SMILES string of the molecule is CC[C@H](C)CC(=O)N(NC(=O)CN(C)C)C(Cc1ccccc1)[C@H](O)CN(CC(C)C)S(=O)(=O)c1ccc2c(c1)OCCO2. The summed E-state index contributed by atoms with van der Waals surface area (Å²) >= 11 is 0. The number of benzene rings is 2. The fourth-order valence-corrected chi connectivity index (χ4v) is 6.56. The zero-order chi connectivity index (χ0) is 32.4. The van der Waals surface area contributed by atoms with Crippen LogP contribution in [-0.4, -0.2) is 98.6 Å². The van der Waals surface area contributed by atoms with Crippen molar-refractivity contribution >= 4 is 21.8 Å². The quantitative estimate of drug-likeness (QED) is 0.287. The van der Waals surface area contributed by atoms with Crippen LogP contribution >= 0.6 is 0 Å². The van der Waals surface area contributed by atoms with Gasteiger partial charge in [-0.15, -0.1) is 0 Å². The minimum Gasteiger partial charge on any atom is -0.486 e. The van der Waals surface area contributed by atoms with E-state index in [1.54, 1.807) is 25.1 Å². The van der Waals surface area contributed by atoms with Gasteiger partial charge in [0.25, 0.3) is 5.91 Å². The van der Waals surface area contributed by atoms with E-state index in [0.717, 1.165) is 12.0 Å². The number of carbonyl (C=O) groups is 2. The number of likely N-dealkylation sites (N-methyl/N-ethyl adjacent to an activating group) is 1. The van der Waals surface area contributed by atoms with Crippen LogP contribution in [0, 0.1) is 11.8 Å². The predicted octanol–water partition coefficient (Wildman–Crippen LogP) is 2.93. The molecule has 0 aliphatic carbocycles. The van der Waals surface area contributed by atoms with E-state index < -0.39 is 28.1 Å². The van der Waals surface area contributed by atoms with Gasteiger partial charge in [0.15, 0.2) is 11.5 Å². The van der Waals surface area contributed by atoms with Crippen molar-refractivity contribution in [2.45, 2.75) is 64.0 Å². The molecular weight excluding hydrogens is 584 g/mol. The number of hydrazine groups is 1. The van der Waals surface area contributed by atoms with Crippen LogP contribution in [0.5, 0.6) is 11.5 Å². The van der Waals surface area contributed by atoms with Gasteiger partial charge in [0, 0.05) is 25.6 Å². The average molecular weight is 633 g/mol. The number of aliphatic hydroxyl groups excluding tert-OH is 1. The molecule has 2 N–H and O–H groups in total. The van der Waals surface area contributed by atoms with Crippen molar-refractivity contribution in [1.29, 1.82) is 0 Å². The second-order valence-electron chi connectivity index (χ2n) is 12.1. The third kappa shape index (κ3) is 9.91. The summed E-state index contributed by atoms with van der Waals surface area (Å²) in [6, 6.07) is 12.8. The van der Waals surface area contributed by atoms with Gasteiger partial charge in [-0.2, -0.15) is 4.31 Å². The lowest BCUT2D eigenvalue weighted by Crippen LogP contribution is -2.60. The number of ether oxygens (including phenoxy) is 2. The zero-order valence-electron chi connectivity index (χ0n) is 26.7. The van der Waals surface area contributed by atoms with Gasteiger partial charge in [-0.05, 0) is 50.0 Å². The Bertz CT molecular complexity index is 1340. The molecule has 12 heteroatoms. The molecule has 1 unspecified atom stereocenters. The van der Waals surface area contributed by atoms with Gasteiger partial charge in [-0.25, -0.2) is 13.4 Å². The largest absolute Gasteiger partial charge is 0.486 e. The molecule has 3 atom stereocenters. The van der Waals surface area contributed by atoms with Crippen molar-refractivity contribution in [3.8, 4) is 11.5 Å². The van der Waals surface area contributed by atoms with E-state index >= 15 is 0 Å². The zero-order valence-corrected chi connectivity index (χ0v) is 27.5. The predicted molar refractivity (Wildman–Crippen MR) is 169 cm³/mol. The number of amides is 2. The number of hydrogen-bond acceptors (Lipinski definition) is 8. The molecule has 1 aliphatic heterocycles. The molecule has 0 radical (unpaired) electrons. The van der Waals surface area contributed by atoms with Crippen LogP contribution in [-0.2, 0) is 26.0 Å². The molecule has 2 amide bonds. The van der Waals surface area contributed by atoms with Crippen LogP contribution in [0.2, 0.25) is 0 Å². The van der Waals surface area contributed by atoms with E-state index in [1.807, 2.05) is 58.0 Å². The van der Waals surface area contributed by atoms with E-state index in [-0.39, 0.29) is 55.1 Å². The maximum Gasteiger partial charge on any atom is 0.252 e. The summed E-state index contributed by atoms with van der Waals surface area (Å²) in [4.78, 5) is 28.4. The molecule has 3 rings (SSSR count). The Hall–Kier alpha value is -3.19. The molecule has 2 aromatic rings. The number of aliphatic hydroxyl groups is 1. The molecule has 0 aromatic heterocycles. The fraction of sp³-hybridized carbons (Fsp3) is 0.562. The lowest BCUT2D eigenvalue weighted by atomic mass is 9.98. The van der Waals surface area contributed by atoms with Crippen LogP contribution in [0.25, 0.3) is 0 Å². The molecule has 1 aliphatic rings. The summed E-state index contributed by atoms with van der Waals surface area (Å²) in [5.41, 5.74) is 3.57. The van der Waals surface area contributed by atoms with Crippen molar-refractivity contribution in [1.82, 2.24) is 19.6 Å². The number of nitrogens with zero attached hydrogens (tertiary/aromatic N) is 3. The summed E-state index contributed by atoms with van der Waals surface area (Å²) in [5.74, 6) is 0.0208. The highest BCUT2D eigenvalue weighted by molar-refractivity contribution is 7.89. The van der Waals surface area contributed by atoms with Crippen molar-refractivity contribution in [2.24, 2.45) is 11.8 Å². The monoisotopic (exact) mass is 632 g/mol. The Morgan fingerprint density at radius 1 is 0.977 bits per heavy atom. The first kappa shape index (κ1) is 35.3. The lowest BCUT2D eigenvalue weighted by Gasteiger charge is -2.37. The molecule has 1 heterocycles. The number of hydrogen-bond donors (Lipinski definition) is 2. The summed E-state index contributed by atoms with van der Waals surface area (Å²) in [6.45, 7) is 8.26. The van der Waals surface area contributed by atoms with Crippen LogP contribution in [0.15, 0.2) is 53.4 Å². The van der Waals surface area contributed by atoms with Gasteiger partial charge in [0.1, 0.15) is 13.2 Å². The van der Waals surface area contributed by atoms with Gasteiger partial charge in [-0.1, -0.05) is 64.4 Å². The number of nitrogens with one attached hydrogen (secondary N) is 1. The van der Waals surface area contributed by atoms with Gasteiger partial charge in [0.05, 0.1) is 23.6 Å².